The molecule has 1 aromatic carbocycles. The van der Waals surface area contributed by atoms with E-state index < -0.39 is 0 Å². The Morgan fingerprint density at radius 1 is 1.18 bits per heavy atom. The first-order chi connectivity index (χ1) is 10.6. The van der Waals surface area contributed by atoms with Crippen molar-refractivity contribution >= 4 is 11.6 Å². The molecule has 1 aliphatic rings. The molecule has 0 radical (unpaired) electrons. The number of anilines is 1. The molecule has 1 amide bonds. The van der Waals surface area contributed by atoms with Crippen LogP contribution < -0.4 is 4.90 Å². The quantitative estimate of drug-likeness (QED) is 0.843. The average Bonchev–Trinajstić information content (AvgIpc) is 3.19. The van der Waals surface area contributed by atoms with Crippen molar-refractivity contribution in [3.8, 4) is 11.4 Å². The van der Waals surface area contributed by atoms with E-state index >= 15 is 0 Å². The second kappa shape index (κ2) is 6.13. The zero-order valence-electron chi connectivity index (χ0n) is 12.9. The number of hydrogen-bond acceptors (Lipinski definition) is 5. The number of benzene rings is 1. The molecule has 0 bridgehead atoms. The molecule has 1 aromatic heterocycles. The highest BCUT2D eigenvalue weighted by molar-refractivity contribution is 5.76. The van der Waals surface area contributed by atoms with Crippen LogP contribution in [0.1, 0.15) is 12.8 Å². The number of carbonyl (C=O) groups is 1. The van der Waals surface area contributed by atoms with E-state index in [9.17, 15) is 4.79 Å². The van der Waals surface area contributed by atoms with E-state index in [-0.39, 0.29) is 12.5 Å². The summed E-state index contributed by atoms with van der Waals surface area (Å²) >= 11 is 0. The normalized spacial score (nSPS) is 14.4. The molecular weight excluding hydrogens is 280 g/mol. The van der Waals surface area contributed by atoms with Crippen molar-refractivity contribution < 1.29 is 4.79 Å². The standard InChI is InChI=1S/C15H20N6O/c1-19(2)13-7-5-12(6-8-13)15-16-18-21(17-15)11-14(22)20-9-3-4-10-20/h5-8H,3-4,9-11H2,1-2H3. The lowest BCUT2D eigenvalue weighted by atomic mass is 10.2. The molecule has 3 rings (SSSR count). The first-order valence-electron chi connectivity index (χ1n) is 7.47. The van der Waals surface area contributed by atoms with Crippen LogP contribution in [0, 0.1) is 0 Å². The van der Waals surface area contributed by atoms with Crippen LogP contribution in [0.3, 0.4) is 0 Å². The number of rotatable bonds is 4. The number of aromatic nitrogens is 4. The first kappa shape index (κ1) is 14.5. The van der Waals surface area contributed by atoms with Crippen LogP contribution in [0.15, 0.2) is 24.3 Å². The minimum atomic E-state index is 0.0596. The van der Waals surface area contributed by atoms with E-state index in [1.54, 1.807) is 0 Å². The lowest BCUT2D eigenvalue weighted by molar-refractivity contribution is -0.131. The van der Waals surface area contributed by atoms with Crippen molar-refractivity contribution in [3.05, 3.63) is 24.3 Å². The number of likely N-dealkylation sites (tertiary alicyclic amines) is 1. The smallest absolute Gasteiger partial charge is 0.246 e. The topological polar surface area (TPSA) is 67.2 Å². The van der Waals surface area contributed by atoms with Crippen molar-refractivity contribution in [2.75, 3.05) is 32.1 Å². The van der Waals surface area contributed by atoms with Gasteiger partial charge in [-0.3, -0.25) is 4.79 Å². The summed E-state index contributed by atoms with van der Waals surface area (Å²) in [7, 11) is 3.99. The summed E-state index contributed by atoms with van der Waals surface area (Å²) < 4.78 is 0. The van der Waals surface area contributed by atoms with Gasteiger partial charge in [-0.05, 0) is 42.3 Å². The summed E-state index contributed by atoms with van der Waals surface area (Å²) in [6.45, 7) is 1.83. The molecule has 1 saturated heterocycles. The molecule has 0 saturated carbocycles. The number of tetrazole rings is 1. The molecule has 0 atom stereocenters. The Balaban J connectivity index is 1.69. The summed E-state index contributed by atoms with van der Waals surface area (Å²) in [6, 6.07) is 7.93. The second-order valence-corrected chi connectivity index (χ2v) is 5.67. The number of hydrogen-bond donors (Lipinski definition) is 0. The molecule has 7 heteroatoms. The fourth-order valence-corrected chi connectivity index (χ4v) is 2.52. The van der Waals surface area contributed by atoms with Crippen molar-refractivity contribution in [3.63, 3.8) is 0 Å². The van der Waals surface area contributed by atoms with Gasteiger partial charge in [0.05, 0.1) is 0 Å². The van der Waals surface area contributed by atoms with Gasteiger partial charge in [0.1, 0.15) is 6.54 Å². The zero-order valence-corrected chi connectivity index (χ0v) is 12.9. The van der Waals surface area contributed by atoms with Crippen LogP contribution in [0.25, 0.3) is 11.4 Å². The van der Waals surface area contributed by atoms with Crippen LogP contribution >= 0.6 is 0 Å². The molecule has 7 nitrogen and oxygen atoms in total. The Morgan fingerprint density at radius 2 is 1.86 bits per heavy atom. The Labute approximate surface area is 129 Å². The van der Waals surface area contributed by atoms with Crippen LogP contribution in [0.5, 0.6) is 0 Å². The minimum Gasteiger partial charge on any atom is -0.378 e. The Kier molecular flexibility index (Phi) is 4.04. The van der Waals surface area contributed by atoms with E-state index in [1.165, 1.54) is 4.80 Å². The first-order valence-corrected chi connectivity index (χ1v) is 7.47. The Hall–Kier alpha value is -2.44. The van der Waals surface area contributed by atoms with E-state index in [0.717, 1.165) is 37.2 Å². The van der Waals surface area contributed by atoms with E-state index in [1.807, 2.05) is 48.2 Å². The van der Waals surface area contributed by atoms with Gasteiger partial charge >= 0.3 is 0 Å². The van der Waals surface area contributed by atoms with Crippen LogP contribution in [0.4, 0.5) is 5.69 Å². The van der Waals surface area contributed by atoms with Gasteiger partial charge in [0.25, 0.3) is 0 Å². The molecule has 0 unspecified atom stereocenters. The summed E-state index contributed by atoms with van der Waals surface area (Å²) in [5.41, 5.74) is 2.01. The number of carbonyl (C=O) groups excluding carboxylic acids is 1. The second-order valence-electron chi connectivity index (χ2n) is 5.67. The predicted octanol–water partition coefficient (Wildman–Crippen LogP) is 1.03. The summed E-state index contributed by atoms with van der Waals surface area (Å²) in [6.07, 6.45) is 2.17. The molecule has 0 aliphatic carbocycles. The van der Waals surface area contributed by atoms with Gasteiger partial charge in [0.2, 0.25) is 11.7 Å². The van der Waals surface area contributed by atoms with Gasteiger partial charge in [-0.1, -0.05) is 0 Å². The van der Waals surface area contributed by atoms with Gasteiger partial charge in [0.15, 0.2) is 0 Å². The fourth-order valence-electron chi connectivity index (χ4n) is 2.52. The molecule has 0 spiro atoms. The van der Waals surface area contributed by atoms with Crippen molar-refractivity contribution in [1.82, 2.24) is 25.1 Å². The molecule has 0 N–H and O–H groups in total. The summed E-state index contributed by atoms with van der Waals surface area (Å²) in [5, 5.41) is 12.3. The number of nitrogens with zero attached hydrogens (tertiary/aromatic N) is 6. The van der Waals surface area contributed by atoms with Crippen molar-refractivity contribution in [1.29, 1.82) is 0 Å². The Bertz CT molecular complexity index is 642. The predicted molar refractivity (Wildman–Crippen MR) is 83.4 cm³/mol. The van der Waals surface area contributed by atoms with Crippen molar-refractivity contribution in [2.24, 2.45) is 0 Å². The highest BCUT2D eigenvalue weighted by atomic mass is 16.2. The van der Waals surface area contributed by atoms with Crippen LogP contribution in [-0.2, 0) is 11.3 Å². The third kappa shape index (κ3) is 3.08. The average molecular weight is 300 g/mol. The van der Waals surface area contributed by atoms with Gasteiger partial charge in [0, 0.05) is 38.4 Å². The van der Waals surface area contributed by atoms with E-state index in [0.29, 0.717) is 5.82 Å². The van der Waals surface area contributed by atoms with Gasteiger partial charge in [-0.25, -0.2) is 0 Å². The minimum absolute atomic E-state index is 0.0596. The monoisotopic (exact) mass is 300 g/mol. The SMILES string of the molecule is CN(C)c1ccc(-c2nnn(CC(=O)N3CCCC3)n2)cc1. The lowest BCUT2D eigenvalue weighted by Gasteiger charge is -2.13. The highest BCUT2D eigenvalue weighted by Crippen LogP contribution is 2.18. The largest absolute Gasteiger partial charge is 0.378 e. The molecule has 1 fully saturated rings. The summed E-state index contributed by atoms with van der Waals surface area (Å²) in [5.74, 6) is 0.601. The van der Waals surface area contributed by atoms with Crippen LogP contribution in [0.2, 0.25) is 0 Å². The maximum absolute atomic E-state index is 12.1. The maximum atomic E-state index is 12.1. The van der Waals surface area contributed by atoms with E-state index in [4.69, 9.17) is 0 Å². The molecular formula is C15H20N6O. The maximum Gasteiger partial charge on any atom is 0.246 e. The molecule has 2 aromatic rings. The summed E-state index contributed by atoms with van der Waals surface area (Å²) in [4.78, 5) is 17.3. The third-order valence-electron chi connectivity index (χ3n) is 3.83. The van der Waals surface area contributed by atoms with Gasteiger partial charge in [-0.15, -0.1) is 10.2 Å². The molecule has 2 heterocycles. The van der Waals surface area contributed by atoms with Gasteiger partial charge in [-0.2, -0.15) is 4.80 Å². The van der Waals surface area contributed by atoms with Crippen molar-refractivity contribution in [2.45, 2.75) is 19.4 Å². The zero-order chi connectivity index (χ0) is 15.5. The molecule has 116 valence electrons. The lowest BCUT2D eigenvalue weighted by Crippen LogP contribution is -2.31. The highest BCUT2D eigenvalue weighted by Gasteiger charge is 2.19. The number of amides is 1. The molecule has 22 heavy (non-hydrogen) atoms. The van der Waals surface area contributed by atoms with Crippen LogP contribution in [-0.4, -0.2) is 58.2 Å². The fraction of sp³-hybridized carbons (Fsp3) is 0.467. The van der Waals surface area contributed by atoms with Gasteiger partial charge < -0.3 is 9.80 Å². The van der Waals surface area contributed by atoms with E-state index in [2.05, 4.69) is 15.4 Å². The molecule has 1 aliphatic heterocycles. The Morgan fingerprint density at radius 3 is 2.50 bits per heavy atom. The third-order valence-corrected chi connectivity index (χ3v) is 3.83.